The number of benzene rings is 2. The number of ether oxygens (including phenoxy) is 1. The SMILES string of the molecule is CC(C)(C)OC(=O)N1CC(c2ccc3c(ccn3S(=O)(=O)c3ccccc3)c2)C1. The largest absolute Gasteiger partial charge is 0.444 e. The topological polar surface area (TPSA) is 68.6 Å². The summed E-state index contributed by atoms with van der Waals surface area (Å²) in [6.07, 6.45) is 1.29. The van der Waals surface area contributed by atoms with Gasteiger partial charge in [0.15, 0.2) is 0 Å². The molecule has 3 aromatic rings. The van der Waals surface area contributed by atoms with Crippen LogP contribution in [0.3, 0.4) is 0 Å². The first-order valence-corrected chi connectivity index (χ1v) is 11.0. The normalized spacial score (nSPS) is 15.3. The molecule has 4 rings (SSSR count). The van der Waals surface area contributed by atoms with Crippen molar-refractivity contribution in [3.8, 4) is 0 Å². The first-order chi connectivity index (χ1) is 13.6. The molecule has 0 spiro atoms. The minimum absolute atomic E-state index is 0.223. The monoisotopic (exact) mass is 412 g/mol. The summed E-state index contributed by atoms with van der Waals surface area (Å²) in [5.74, 6) is 0.223. The standard InChI is InChI=1S/C22H24N2O4S/c1-22(2,3)28-21(25)23-14-18(15-23)16-9-10-20-17(13-16)11-12-24(20)29(26,27)19-7-5-4-6-8-19/h4-13,18H,14-15H2,1-3H3. The van der Waals surface area contributed by atoms with Crippen molar-refractivity contribution in [2.45, 2.75) is 37.2 Å². The van der Waals surface area contributed by atoms with Crippen molar-refractivity contribution >= 4 is 27.0 Å². The smallest absolute Gasteiger partial charge is 0.410 e. The van der Waals surface area contributed by atoms with Crippen molar-refractivity contribution in [3.63, 3.8) is 0 Å². The minimum atomic E-state index is -3.64. The predicted octanol–water partition coefficient (Wildman–Crippen LogP) is 4.21. The predicted molar refractivity (Wildman–Crippen MR) is 112 cm³/mol. The molecule has 152 valence electrons. The number of hydrogen-bond donors (Lipinski definition) is 0. The molecule has 0 radical (unpaired) electrons. The summed E-state index contributed by atoms with van der Waals surface area (Å²) in [4.78, 5) is 14.1. The average Bonchev–Trinajstić information content (AvgIpc) is 3.04. The van der Waals surface area contributed by atoms with Crippen molar-refractivity contribution in [1.82, 2.24) is 8.87 Å². The van der Waals surface area contributed by atoms with E-state index in [4.69, 9.17) is 4.74 Å². The molecule has 0 atom stereocenters. The molecule has 0 saturated carbocycles. The van der Waals surface area contributed by atoms with Crippen molar-refractivity contribution in [2.24, 2.45) is 0 Å². The zero-order valence-electron chi connectivity index (χ0n) is 16.7. The lowest BCUT2D eigenvalue weighted by molar-refractivity contribution is 0.00820. The molecule has 2 heterocycles. The van der Waals surface area contributed by atoms with Crippen LogP contribution in [0.4, 0.5) is 4.79 Å². The Morgan fingerprint density at radius 2 is 1.72 bits per heavy atom. The molecule has 1 saturated heterocycles. The highest BCUT2D eigenvalue weighted by atomic mass is 32.2. The molecular formula is C22H24N2O4S. The van der Waals surface area contributed by atoms with Crippen LogP contribution in [0, 0.1) is 0 Å². The molecule has 1 amide bonds. The molecule has 7 heteroatoms. The molecule has 0 aliphatic carbocycles. The number of fused-ring (bicyclic) bond motifs is 1. The number of carbonyl (C=O) groups excluding carboxylic acids is 1. The van der Waals surface area contributed by atoms with E-state index in [1.807, 2.05) is 45.0 Å². The number of carbonyl (C=O) groups is 1. The van der Waals surface area contributed by atoms with Gasteiger partial charge in [0.25, 0.3) is 10.0 Å². The zero-order chi connectivity index (χ0) is 20.8. The first-order valence-electron chi connectivity index (χ1n) is 9.55. The Morgan fingerprint density at radius 1 is 1.03 bits per heavy atom. The Labute approximate surface area is 170 Å². The van der Waals surface area contributed by atoms with Gasteiger partial charge >= 0.3 is 6.09 Å². The van der Waals surface area contributed by atoms with Crippen LogP contribution in [0.2, 0.25) is 0 Å². The highest BCUT2D eigenvalue weighted by Gasteiger charge is 2.34. The third-order valence-electron chi connectivity index (χ3n) is 4.98. The first kappa shape index (κ1) is 19.5. The minimum Gasteiger partial charge on any atom is -0.444 e. The van der Waals surface area contributed by atoms with Crippen LogP contribution in [0.25, 0.3) is 10.9 Å². The highest BCUT2D eigenvalue weighted by molar-refractivity contribution is 7.90. The highest BCUT2D eigenvalue weighted by Crippen LogP contribution is 2.31. The molecule has 1 aliphatic rings. The van der Waals surface area contributed by atoms with Gasteiger partial charge in [0.1, 0.15) is 5.60 Å². The van der Waals surface area contributed by atoms with Crippen LogP contribution < -0.4 is 0 Å². The Morgan fingerprint density at radius 3 is 2.38 bits per heavy atom. The van der Waals surface area contributed by atoms with Crippen molar-refractivity contribution in [1.29, 1.82) is 0 Å². The van der Waals surface area contributed by atoms with Gasteiger partial charge in [0.2, 0.25) is 0 Å². The summed E-state index contributed by atoms with van der Waals surface area (Å²) in [6, 6.07) is 16.0. The fourth-order valence-electron chi connectivity index (χ4n) is 3.47. The second kappa shape index (κ2) is 6.91. The van der Waals surface area contributed by atoms with E-state index in [0.717, 1.165) is 10.9 Å². The Bertz CT molecular complexity index is 1150. The molecule has 2 aromatic carbocycles. The Kier molecular flexibility index (Phi) is 4.65. The third-order valence-corrected chi connectivity index (χ3v) is 6.69. The van der Waals surface area contributed by atoms with Crippen LogP contribution >= 0.6 is 0 Å². The van der Waals surface area contributed by atoms with E-state index in [2.05, 4.69) is 0 Å². The van der Waals surface area contributed by atoms with E-state index in [1.165, 1.54) is 3.97 Å². The summed E-state index contributed by atoms with van der Waals surface area (Å²) in [5.41, 5.74) is 1.22. The number of aromatic nitrogens is 1. The summed E-state index contributed by atoms with van der Waals surface area (Å²) in [5, 5.41) is 0.859. The summed E-state index contributed by atoms with van der Waals surface area (Å²) in [6.45, 7) is 6.76. The molecule has 1 aliphatic heterocycles. The fraction of sp³-hybridized carbons (Fsp3) is 0.318. The summed E-state index contributed by atoms with van der Waals surface area (Å²) >= 11 is 0. The molecule has 0 bridgehead atoms. The van der Waals surface area contributed by atoms with Crippen molar-refractivity contribution in [3.05, 3.63) is 66.4 Å². The van der Waals surface area contributed by atoms with Crippen molar-refractivity contribution in [2.75, 3.05) is 13.1 Å². The van der Waals surface area contributed by atoms with E-state index in [1.54, 1.807) is 41.4 Å². The summed E-state index contributed by atoms with van der Waals surface area (Å²) < 4.78 is 32.6. The summed E-state index contributed by atoms with van der Waals surface area (Å²) in [7, 11) is -3.64. The molecule has 6 nitrogen and oxygen atoms in total. The van der Waals surface area contributed by atoms with Crippen molar-refractivity contribution < 1.29 is 17.9 Å². The van der Waals surface area contributed by atoms with Gasteiger partial charge in [-0.15, -0.1) is 0 Å². The lowest BCUT2D eigenvalue weighted by atomic mass is 9.91. The molecule has 0 N–H and O–H groups in total. The van der Waals surface area contributed by atoms with Crippen LogP contribution in [0.5, 0.6) is 0 Å². The number of rotatable bonds is 3. The van der Waals surface area contributed by atoms with Gasteiger partial charge in [-0.3, -0.25) is 0 Å². The lowest BCUT2D eigenvalue weighted by Crippen LogP contribution is -2.50. The van der Waals surface area contributed by atoms with Gasteiger partial charge in [-0.25, -0.2) is 17.2 Å². The maximum atomic E-state index is 12.9. The van der Waals surface area contributed by atoms with Crippen LogP contribution in [-0.4, -0.2) is 42.1 Å². The number of likely N-dealkylation sites (tertiary alicyclic amines) is 1. The van der Waals surface area contributed by atoms with E-state index < -0.39 is 15.6 Å². The van der Waals surface area contributed by atoms with Gasteiger partial charge in [-0.1, -0.05) is 24.3 Å². The third kappa shape index (κ3) is 3.74. The molecule has 1 fully saturated rings. The maximum absolute atomic E-state index is 12.9. The Balaban J connectivity index is 1.54. The quantitative estimate of drug-likeness (QED) is 0.646. The van der Waals surface area contributed by atoms with Crippen LogP contribution in [0.1, 0.15) is 32.3 Å². The molecule has 0 unspecified atom stereocenters. The maximum Gasteiger partial charge on any atom is 0.410 e. The number of nitrogens with zero attached hydrogens (tertiary/aromatic N) is 2. The second-order valence-corrected chi connectivity index (χ2v) is 10.1. The molecular weight excluding hydrogens is 388 g/mol. The number of hydrogen-bond acceptors (Lipinski definition) is 4. The second-order valence-electron chi connectivity index (χ2n) is 8.33. The molecule has 29 heavy (non-hydrogen) atoms. The Hall–Kier alpha value is -2.80. The van der Waals surface area contributed by atoms with E-state index in [-0.39, 0.29) is 16.9 Å². The zero-order valence-corrected chi connectivity index (χ0v) is 17.5. The number of amides is 1. The average molecular weight is 413 g/mol. The van der Waals surface area contributed by atoms with Gasteiger partial charge < -0.3 is 9.64 Å². The fourth-order valence-corrected chi connectivity index (χ4v) is 4.84. The van der Waals surface area contributed by atoms with Crippen LogP contribution in [0.15, 0.2) is 65.7 Å². The van der Waals surface area contributed by atoms with E-state index >= 15 is 0 Å². The van der Waals surface area contributed by atoms with Crippen LogP contribution in [-0.2, 0) is 14.8 Å². The van der Waals surface area contributed by atoms with E-state index in [0.29, 0.717) is 18.6 Å². The van der Waals surface area contributed by atoms with Gasteiger partial charge in [-0.05, 0) is 56.7 Å². The van der Waals surface area contributed by atoms with E-state index in [9.17, 15) is 13.2 Å². The van der Waals surface area contributed by atoms with Gasteiger partial charge in [0, 0.05) is 30.6 Å². The lowest BCUT2D eigenvalue weighted by Gasteiger charge is -2.40. The van der Waals surface area contributed by atoms with Gasteiger partial charge in [0.05, 0.1) is 10.4 Å². The molecule has 1 aromatic heterocycles. The van der Waals surface area contributed by atoms with Gasteiger partial charge in [-0.2, -0.15) is 0 Å².